The van der Waals surface area contributed by atoms with Crippen molar-refractivity contribution in [2.45, 2.75) is 6.92 Å². The minimum atomic E-state index is -2.89. The predicted molar refractivity (Wildman–Crippen MR) is 125 cm³/mol. The van der Waals surface area contributed by atoms with E-state index < -0.39 is 10.8 Å². The van der Waals surface area contributed by atoms with Crippen LogP contribution in [0.5, 0.6) is 0 Å². The quantitative estimate of drug-likeness (QED) is 0.403. The van der Waals surface area contributed by atoms with Gasteiger partial charge in [-0.15, -0.1) is 10.8 Å². The maximum atomic E-state index is 12.7. The van der Waals surface area contributed by atoms with E-state index in [0.717, 1.165) is 27.8 Å². The first-order valence-corrected chi connectivity index (χ1v) is 11.3. The van der Waals surface area contributed by atoms with Crippen molar-refractivity contribution in [3.05, 3.63) is 83.4 Å². The molecule has 0 bridgehead atoms. The Morgan fingerprint density at radius 2 is 1.83 bits per heavy atom. The third-order valence-corrected chi connectivity index (χ3v) is 6.37. The van der Waals surface area contributed by atoms with Crippen LogP contribution in [0.1, 0.15) is 6.92 Å². The van der Waals surface area contributed by atoms with Crippen molar-refractivity contribution in [1.29, 1.82) is 0 Å². The lowest BCUT2D eigenvalue weighted by Gasteiger charge is -2.32. The Labute approximate surface area is 176 Å². The van der Waals surface area contributed by atoms with Crippen LogP contribution in [0.4, 0.5) is 5.69 Å². The second kappa shape index (κ2) is 7.95. The number of rotatable bonds is 5. The van der Waals surface area contributed by atoms with E-state index in [2.05, 4.69) is 9.71 Å². The van der Waals surface area contributed by atoms with Crippen LogP contribution in [0.15, 0.2) is 77.9 Å². The Balaban J connectivity index is 1.90. The van der Waals surface area contributed by atoms with Crippen molar-refractivity contribution < 1.29 is 9.11 Å². The van der Waals surface area contributed by atoms with Gasteiger partial charge in [0.25, 0.3) is 5.56 Å². The lowest BCUT2D eigenvalue weighted by molar-refractivity contribution is 0.496. The smallest absolute Gasteiger partial charge is 0.258 e. The number of fused-ring (bicyclic) bond motifs is 1. The first-order valence-electron chi connectivity index (χ1n) is 9.57. The normalized spacial score (nSPS) is 12.1. The molecule has 0 atom stereocenters. The summed E-state index contributed by atoms with van der Waals surface area (Å²) < 4.78 is 24.4. The van der Waals surface area contributed by atoms with Crippen molar-refractivity contribution in [3.8, 4) is 22.4 Å². The fraction of sp³-hybridized carbons (Fsp3) is 0.130. The van der Waals surface area contributed by atoms with Crippen LogP contribution < -0.4 is 10.3 Å². The molecule has 0 fully saturated rings. The van der Waals surface area contributed by atoms with Gasteiger partial charge in [-0.3, -0.25) is 23.6 Å². The molecule has 0 unspecified atom stereocenters. The average molecular weight is 422 g/mol. The van der Waals surface area contributed by atoms with Crippen LogP contribution >= 0.6 is 10.8 Å². The third kappa shape index (κ3) is 3.95. The summed E-state index contributed by atoms with van der Waals surface area (Å²) >= 11 is 0. The Kier molecular flexibility index (Phi) is 5.34. The van der Waals surface area contributed by atoms with Gasteiger partial charge in [0, 0.05) is 36.0 Å². The molecule has 154 valence electrons. The van der Waals surface area contributed by atoms with E-state index in [1.165, 1.54) is 0 Å². The monoisotopic (exact) mass is 421 g/mol. The van der Waals surface area contributed by atoms with Crippen molar-refractivity contribution in [1.82, 2.24) is 9.55 Å². The van der Waals surface area contributed by atoms with E-state index in [-0.39, 0.29) is 11.3 Å². The van der Waals surface area contributed by atoms with Gasteiger partial charge in [0.05, 0.1) is 17.1 Å². The predicted octanol–water partition coefficient (Wildman–Crippen LogP) is 5.36. The average Bonchev–Trinajstić information content (AvgIpc) is 2.76. The summed E-state index contributed by atoms with van der Waals surface area (Å²) in [6.07, 6.45) is 3.55. The first kappa shape index (κ1) is 20.2. The number of pyridine rings is 2. The number of benzene rings is 2. The van der Waals surface area contributed by atoms with Crippen LogP contribution in [0.2, 0.25) is 0 Å². The molecule has 0 aliphatic heterocycles. The fourth-order valence-electron chi connectivity index (χ4n) is 3.40. The number of aryl methyl sites for hydroxylation is 1. The largest absolute Gasteiger partial charge is 0.317 e. The summed E-state index contributed by atoms with van der Waals surface area (Å²) in [6, 6.07) is 18.9. The molecule has 6 nitrogen and oxygen atoms in total. The van der Waals surface area contributed by atoms with Gasteiger partial charge >= 0.3 is 0 Å². The minimum absolute atomic E-state index is 0.0734. The molecule has 0 spiro atoms. The van der Waals surface area contributed by atoms with Crippen molar-refractivity contribution in [2.75, 3.05) is 10.5 Å². The lowest BCUT2D eigenvalue weighted by Crippen LogP contribution is -2.16. The summed E-state index contributed by atoms with van der Waals surface area (Å²) in [7, 11) is -1.16. The van der Waals surface area contributed by atoms with Gasteiger partial charge < -0.3 is 4.57 Å². The standard InChI is InChI=1S/C23H23N3O3S/c1-3-30(28,29)25-18-8-6-7-16(13-18)21-15-26(2)23(27)19-11-10-17(14-20(19)21)22-9-4-5-12-24-22/h4-15,25,28-29H,3H2,1-2H3. The number of anilines is 1. The third-order valence-electron chi connectivity index (χ3n) is 5.00. The van der Waals surface area contributed by atoms with Gasteiger partial charge in [-0.2, -0.15) is 0 Å². The molecule has 0 amide bonds. The van der Waals surface area contributed by atoms with Gasteiger partial charge in [0.15, 0.2) is 0 Å². The van der Waals surface area contributed by atoms with Crippen LogP contribution in [-0.4, -0.2) is 24.4 Å². The van der Waals surface area contributed by atoms with E-state index in [1.54, 1.807) is 30.8 Å². The zero-order valence-electron chi connectivity index (χ0n) is 16.7. The summed E-state index contributed by atoms with van der Waals surface area (Å²) in [5.74, 6) is 0.216. The molecular formula is C23H23N3O3S. The van der Waals surface area contributed by atoms with Crippen LogP contribution in [0.3, 0.4) is 0 Å². The number of hydrogen-bond donors (Lipinski definition) is 3. The highest BCUT2D eigenvalue weighted by Crippen LogP contribution is 2.39. The van der Waals surface area contributed by atoms with Crippen molar-refractivity contribution >= 4 is 27.2 Å². The molecule has 0 aliphatic carbocycles. The van der Waals surface area contributed by atoms with E-state index in [0.29, 0.717) is 11.1 Å². The van der Waals surface area contributed by atoms with Gasteiger partial charge in [-0.1, -0.05) is 24.3 Å². The van der Waals surface area contributed by atoms with Crippen molar-refractivity contribution in [2.24, 2.45) is 7.05 Å². The first-order chi connectivity index (χ1) is 14.4. The molecule has 2 aromatic carbocycles. The molecule has 2 heterocycles. The van der Waals surface area contributed by atoms with Gasteiger partial charge in [0.1, 0.15) is 0 Å². The SMILES string of the molecule is CCS(O)(O)Nc1cccc(-c2cn(C)c(=O)c3ccc(-c4ccccn4)cc23)c1. The van der Waals surface area contributed by atoms with Gasteiger partial charge in [-0.25, -0.2) is 0 Å². The molecule has 0 saturated carbocycles. The van der Waals surface area contributed by atoms with E-state index in [4.69, 9.17) is 0 Å². The summed E-state index contributed by atoms with van der Waals surface area (Å²) in [6.45, 7) is 1.71. The Bertz CT molecular complexity index is 1270. The molecule has 7 heteroatoms. The molecule has 4 aromatic rings. The fourth-order valence-corrected chi connectivity index (χ4v) is 4.05. The Morgan fingerprint density at radius 1 is 1.00 bits per heavy atom. The zero-order valence-corrected chi connectivity index (χ0v) is 17.6. The maximum Gasteiger partial charge on any atom is 0.258 e. The number of aromatic nitrogens is 2. The summed E-state index contributed by atoms with van der Waals surface area (Å²) in [5, 5.41) is 1.44. The zero-order chi connectivity index (χ0) is 21.3. The van der Waals surface area contributed by atoms with Crippen LogP contribution in [-0.2, 0) is 7.05 Å². The Hall–Kier alpha value is -3.13. The highest BCUT2D eigenvalue weighted by molar-refractivity contribution is 8.25. The lowest BCUT2D eigenvalue weighted by atomic mass is 9.97. The van der Waals surface area contributed by atoms with E-state index in [9.17, 15) is 13.9 Å². The molecule has 3 N–H and O–H groups in total. The molecular weight excluding hydrogens is 398 g/mol. The maximum absolute atomic E-state index is 12.7. The summed E-state index contributed by atoms with van der Waals surface area (Å²) in [4.78, 5) is 17.1. The van der Waals surface area contributed by atoms with E-state index >= 15 is 0 Å². The van der Waals surface area contributed by atoms with Gasteiger partial charge in [0.2, 0.25) is 0 Å². The number of hydrogen-bond acceptors (Lipinski definition) is 5. The van der Waals surface area contributed by atoms with Crippen molar-refractivity contribution in [3.63, 3.8) is 0 Å². The molecule has 2 aromatic heterocycles. The summed E-state index contributed by atoms with van der Waals surface area (Å²) in [5.41, 5.74) is 4.03. The van der Waals surface area contributed by atoms with Gasteiger partial charge in [-0.05, 0) is 54.3 Å². The number of nitrogens with zero attached hydrogens (tertiary/aromatic N) is 2. The van der Waals surface area contributed by atoms with Crippen LogP contribution in [0, 0.1) is 0 Å². The van der Waals surface area contributed by atoms with Crippen LogP contribution in [0.25, 0.3) is 33.2 Å². The molecule has 30 heavy (non-hydrogen) atoms. The molecule has 0 saturated heterocycles. The molecule has 0 aliphatic rings. The highest BCUT2D eigenvalue weighted by Gasteiger charge is 2.13. The molecule has 4 rings (SSSR count). The van der Waals surface area contributed by atoms with E-state index in [1.807, 2.05) is 60.8 Å². The number of nitrogens with one attached hydrogen (secondary N) is 1. The highest BCUT2D eigenvalue weighted by atomic mass is 32.3. The minimum Gasteiger partial charge on any atom is -0.317 e. The second-order valence-corrected chi connectivity index (χ2v) is 9.19. The Morgan fingerprint density at radius 3 is 2.57 bits per heavy atom. The second-order valence-electron chi connectivity index (χ2n) is 7.07. The topological polar surface area (TPSA) is 87.4 Å². The molecule has 0 radical (unpaired) electrons.